The summed E-state index contributed by atoms with van der Waals surface area (Å²) >= 11 is 0. The van der Waals surface area contributed by atoms with Crippen LogP contribution in [-0.4, -0.2) is 33.4 Å². The molecule has 5 rings (SSSR count). The normalized spacial score (nSPS) is 45.4. The molecular formula is C33H48O5. The van der Waals surface area contributed by atoms with Crippen molar-refractivity contribution in [2.75, 3.05) is 0 Å². The zero-order chi connectivity index (χ0) is 27.9. The lowest BCUT2D eigenvalue weighted by atomic mass is 9.45. The number of carboxylic acids is 2. The maximum Gasteiger partial charge on any atom is 0.308 e. The van der Waals surface area contributed by atoms with E-state index in [0.29, 0.717) is 18.3 Å². The molecule has 5 aliphatic rings. The molecule has 5 aliphatic carbocycles. The van der Waals surface area contributed by atoms with Gasteiger partial charge in [0.1, 0.15) is 0 Å². The number of hydrogen-bond acceptors (Lipinski definition) is 3. The van der Waals surface area contributed by atoms with E-state index < -0.39 is 35.8 Å². The van der Waals surface area contributed by atoms with Crippen molar-refractivity contribution < 1.29 is 24.9 Å². The smallest absolute Gasteiger partial charge is 0.308 e. The lowest BCUT2D eigenvalue weighted by Gasteiger charge is -2.59. The van der Waals surface area contributed by atoms with Gasteiger partial charge in [0.2, 0.25) is 0 Å². The Balaban J connectivity index is 1.71. The Hall–Kier alpha value is -1.88. The fraction of sp³-hybridized carbons (Fsp3) is 0.758. The van der Waals surface area contributed by atoms with E-state index in [1.54, 1.807) is 0 Å². The van der Waals surface area contributed by atoms with Crippen molar-refractivity contribution in [3.63, 3.8) is 0 Å². The Morgan fingerprint density at radius 1 is 0.974 bits per heavy atom. The maximum absolute atomic E-state index is 12.9. The number of carbonyl (C=O) groups is 2. The molecule has 2 fully saturated rings. The molecule has 3 N–H and O–H groups in total. The lowest BCUT2D eigenvalue weighted by molar-refractivity contribution is -0.158. The van der Waals surface area contributed by atoms with Gasteiger partial charge in [-0.15, -0.1) is 0 Å². The second-order valence-corrected chi connectivity index (χ2v) is 14.6. The predicted octanol–water partition coefficient (Wildman–Crippen LogP) is 6.73. The average Bonchev–Trinajstić information content (AvgIpc) is 3.08. The summed E-state index contributed by atoms with van der Waals surface area (Å²) < 4.78 is 0. The lowest BCUT2D eigenvalue weighted by Crippen LogP contribution is -2.53. The highest BCUT2D eigenvalue weighted by atomic mass is 16.4. The van der Waals surface area contributed by atoms with Gasteiger partial charge >= 0.3 is 11.9 Å². The molecule has 0 aromatic carbocycles. The molecule has 0 radical (unpaired) electrons. The molecule has 38 heavy (non-hydrogen) atoms. The molecular weight excluding hydrogens is 476 g/mol. The minimum atomic E-state index is -0.996. The molecule has 5 nitrogen and oxygen atoms in total. The van der Waals surface area contributed by atoms with Gasteiger partial charge in [-0.2, -0.15) is 0 Å². The van der Waals surface area contributed by atoms with E-state index in [1.807, 2.05) is 0 Å². The average molecular weight is 525 g/mol. The molecule has 0 aliphatic heterocycles. The summed E-state index contributed by atoms with van der Waals surface area (Å²) in [5.41, 5.74) is 3.32. The molecule has 0 bridgehead atoms. The van der Waals surface area contributed by atoms with Crippen LogP contribution in [0.5, 0.6) is 0 Å². The quantitative estimate of drug-likeness (QED) is 0.335. The predicted molar refractivity (Wildman–Crippen MR) is 148 cm³/mol. The fourth-order valence-electron chi connectivity index (χ4n) is 9.66. The maximum atomic E-state index is 12.9. The monoisotopic (exact) mass is 524 g/mol. The first-order valence-electron chi connectivity index (χ1n) is 14.9. The Labute approximate surface area is 228 Å². The van der Waals surface area contributed by atoms with Gasteiger partial charge in [0, 0.05) is 5.92 Å². The van der Waals surface area contributed by atoms with Crippen molar-refractivity contribution >= 4 is 11.9 Å². The summed E-state index contributed by atoms with van der Waals surface area (Å²) in [5.74, 6) is -3.02. The number of hydrogen-bond donors (Lipinski definition) is 3. The molecule has 2 saturated carbocycles. The first-order chi connectivity index (χ1) is 17.7. The number of allylic oxidation sites excluding steroid dienone is 5. The summed E-state index contributed by atoms with van der Waals surface area (Å²) in [6.07, 6.45) is 11.4. The van der Waals surface area contributed by atoms with Crippen LogP contribution < -0.4 is 0 Å². The van der Waals surface area contributed by atoms with Crippen LogP contribution in [0.15, 0.2) is 34.9 Å². The van der Waals surface area contributed by atoms with Crippen LogP contribution in [0, 0.1) is 63.6 Å². The van der Waals surface area contributed by atoms with E-state index in [9.17, 15) is 24.9 Å². The highest BCUT2D eigenvalue weighted by Crippen LogP contribution is 2.74. The number of carboxylic acid groups (broad SMARTS) is 2. The minimum absolute atomic E-state index is 0.0831. The molecule has 0 aromatic heterocycles. The third-order valence-corrected chi connectivity index (χ3v) is 12.7. The minimum Gasteiger partial charge on any atom is -0.481 e. The molecule has 5 heteroatoms. The number of aliphatic hydroxyl groups is 1. The molecule has 0 heterocycles. The molecule has 0 unspecified atom stereocenters. The van der Waals surface area contributed by atoms with Crippen LogP contribution in [0.2, 0.25) is 0 Å². The van der Waals surface area contributed by atoms with Gasteiger partial charge in [-0.25, -0.2) is 0 Å². The molecule has 210 valence electrons. The molecule has 0 amide bonds. The van der Waals surface area contributed by atoms with Crippen LogP contribution in [0.4, 0.5) is 0 Å². The van der Waals surface area contributed by atoms with Crippen molar-refractivity contribution in [3.8, 4) is 0 Å². The van der Waals surface area contributed by atoms with E-state index >= 15 is 0 Å². The van der Waals surface area contributed by atoms with Crippen LogP contribution in [-0.2, 0) is 9.59 Å². The van der Waals surface area contributed by atoms with Crippen LogP contribution >= 0.6 is 0 Å². The molecule has 0 saturated heterocycles. The summed E-state index contributed by atoms with van der Waals surface area (Å²) in [6, 6.07) is 0. The number of aliphatic carboxylic acids is 2. The zero-order valence-electron chi connectivity index (χ0n) is 24.3. The Kier molecular flexibility index (Phi) is 6.61. The van der Waals surface area contributed by atoms with Gasteiger partial charge in [-0.3, -0.25) is 9.59 Å². The standard InChI is InChI=1S/C33H48O5/c1-17(2)18(3)8-9-19(4)33(7)16-23-27(30(37)38)26(29(35)36)22-15-20-14-21(34)10-12-31(20,5)24-11-13-32(33,6)28(23)25(22)24/h8-9,15,17-19,21-24,26-27,34H,10-14,16H2,1-7H3,(H,35,36)(H,37,38)/b9-8-/t18-,19+,21-,22+,23+,24-,26-,27-,31-,32-,33+/m0/s1. The van der Waals surface area contributed by atoms with Crippen LogP contribution in [0.1, 0.15) is 87.0 Å². The fourth-order valence-corrected chi connectivity index (χ4v) is 9.66. The van der Waals surface area contributed by atoms with Gasteiger partial charge in [0.25, 0.3) is 0 Å². The molecule has 11 atom stereocenters. The number of aliphatic hydroxyl groups excluding tert-OH is 1. The highest BCUT2D eigenvalue weighted by molar-refractivity contribution is 5.83. The Morgan fingerprint density at radius 2 is 1.63 bits per heavy atom. The third kappa shape index (κ3) is 3.66. The van der Waals surface area contributed by atoms with E-state index in [0.717, 1.165) is 37.7 Å². The summed E-state index contributed by atoms with van der Waals surface area (Å²) in [6.45, 7) is 16.0. The number of fused-ring (bicyclic) bond motifs is 2. The van der Waals surface area contributed by atoms with Crippen molar-refractivity contribution in [3.05, 3.63) is 34.9 Å². The Morgan fingerprint density at radius 3 is 2.24 bits per heavy atom. The van der Waals surface area contributed by atoms with E-state index in [4.69, 9.17) is 0 Å². The second-order valence-electron chi connectivity index (χ2n) is 14.6. The van der Waals surface area contributed by atoms with E-state index in [1.165, 1.54) is 11.1 Å². The van der Waals surface area contributed by atoms with E-state index in [-0.39, 0.29) is 34.0 Å². The SMILES string of the molecule is CC(C)[C@@H](C)/C=C\[C@@H](C)[C@@]1(C)C[C@H]2C3=C4[C@@H](C=C5C[C@@H](O)CC[C@]5(C)[C@H]4CC[C@@]31C)[C@H](C(=O)O)[C@H]2C(=O)O. The molecule has 0 spiro atoms. The first-order valence-corrected chi connectivity index (χ1v) is 14.9. The first kappa shape index (κ1) is 27.7. The van der Waals surface area contributed by atoms with Gasteiger partial charge < -0.3 is 15.3 Å². The van der Waals surface area contributed by atoms with Gasteiger partial charge in [-0.05, 0) is 84.4 Å². The molecule has 0 aromatic rings. The van der Waals surface area contributed by atoms with Crippen molar-refractivity contribution in [1.82, 2.24) is 0 Å². The van der Waals surface area contributed by atoms with Crippen molar-refractivity contribution in [1.29, 1.82) is 0 Å². The second kappa shape index (κ2) is 9.08. The summed E-state index contributed by atoms with van der Waals surface area (Å²) in [7, 11) is 0. The topological polar surface area (TPSA) is 94.8 Å². The highest BCUT2D eigenvalue weighted by Gasteiger charge is 2.68. The zero-order valence-corrected chi connectivity index (χ0v) is 24.3. The van der Waals surface area contributed by atoms with Crippen molar-refractivity contribution in [2.45, 2.75) is 93.1 Å². The largest absolute Gasteiger partial charge is 0.481 e. The van der Waals surface area contributed by atoms with Gasteiger partial charge in [0.15, 0.2) is 0 Å². The number of rotatable bonds is 6. The summed E-state index contributed by atoms with van der Waals surface area (Å²) in [4.78, 5) is 25.8. The van der Waals surface area contributed by atoms with Crippen molar-refractivity contribution in [2.24, 2.45) is 63.6 Å². The Bertz CT molecular complexity index is 1110. The van der Waals surface area contributed by atoms with Gasteiger partial charge in [-0.1, -0.05) is 83.4 Å². The third-order valence-electron chi connectivity index (χ3n) is 12.7. The van der Waals surface area contributed by atoms with Crippen LogP contribution in [0.25, 0.3) is 0 Å². The van der Waals surface area contributed by atoms with Crippen LogP contribution in [0.3, 0.4) is 0 Å². The van der Waals surface area contributed by atoms with Gasteiger partial charge in [0.05, 0.1) is 17.9 Å². The van der Waals surface area contributed by atoms with E-state index in [2.05, 4.69) is 66.7 Å². The summed E-state index contributed by atoms with van der Waals surface area (Å²) in [5, 5.41) is 31.6.